The molecule has 3 rings (SSSR count). The molecule has 6 heteroatoms. The van der Waals surface area contributed by atoms with Gasteiger partial charge in [-0.25, -0.2) is 0 Å². The number of carbonyl (C=O) groups is 1. The summed E-state index contributed by atoms with van der Waals surface area (Å²) in [5.74, 6) is -0.724. The largest absolute Gasteiger partial charge is 0.507 e. The molecule has 1 aliphatic rings. The maximum absolute atomic E-state index is 12.9. The molecule has 0 saturated heterocycles. The molecule has 0 bridgehead atoms. The van der Waals surface area contributed by atoms with Crippen molar-refractivity contribution in [2.75, 3.05) is 5.32 Å². The highest BCUT2D eigenvalue weighted by Crippen LogP contribution is 2.30. The number of hydrogen-bond donors (Lipinski definition) is 2. The van der Waals surface area contributed by atoms with Gasteiger partial charge in [-0.2, -0.15) is 0 Å². The maximum atomic E-state index is 12.9. The Morgan fingerprint density at radius 1 is 1.32 bits per heavy atom. The Morgan fingerprint density at radius 2 is 2.08 bits per heavy atom. The van der Waals surface area contributed by atoms with Crippen molar-refractivity contribution in [3.8, 4) is 5.75 Å². The van der Waals surface area contributed by atoms with E-state index in [1.165, 1.54) is 0 Å². The quantitative estimate of drug-likeness (QED) is 0.812. The number of rotatable bonds is 4. The fourth-order valence-electron chi connectivity index (χ4n) is 3.38. The van der Waals surface area contributed by atoms with E-state index in [2.05, 4.69) is 21.2 Å². The Balaban J connectivity index is 2.07. The summed E-state index contributed by atoms with van der Waals surface area (Å²) < 4.78 is 2.49. The number of pyridine rings is 1. The van der Waals surface area contributed by atoms with Crippen LogP contribution in [0.2, 0.25) is 0 Å². The number of anilines is 1. The van der Waals surface area contributed by atoms with Crippen molar-refractivity contribution in [2.45, 2.75) is 45.6 Å². The van der Waals surface area contributed by atoms with Crippen LogP contribution in [0.1, 0.15) is 47.8 Å². The summed E-state index contributed by atoms with van der Waals surface area (Å²) in [7, 11) is 0. The molecule has 1 aromatic carbocycles. The smallest absolute Gasteiger partial charge is 0.267 e. The summed E-state index contributed by atoms with van der Waals surface area (Å²) in [6.07, 6.45) is 4.22. The minimum absolute atomic E-state index is 0.153. The minimum atomic E-state index is -0.571. The van der Waals surface area contributed by atoms with Crippen LogP contribution in [0.3, 0.4) is 0 Å². The number of halogens is 1. The van der Waals surface area contributed by atoms with Gasteiger partial charge in [-0.15, -0.1) is 0 Å². The first-order valence-electron chi connectivity index (χ1n) is 8.57. The van der Waals surface area contributed by atoms with E-state index in [1.54, 1.807) is 22.8 Å². The number of aromatic nitrogens is 1. The number of amides is 1. The Kier molecular flexibility index (Phi) is 5.27. The molecule has 0 saturated carbocycles. The highest BCUT2D eigenvalue weighted by Gasteiger charge is 2.27. The summed E-state index contributed by atoms with van der Waals surface area (Å²) in [6, 6.07) is 7.13. The van der Waals surface area contributed by atoms with Crippen LogP contribution in [0.25, 0.3) is 0 Å². The summed E-state index contributed by atoms with van der Waals surface area (Å²) in [5.41, 5.74) is 1.63. The van der Waals surface area contributed by atoms with E-state index in [9.17, 15) is 14.7 Å². The first-order valence-corrected chi connectivity index (χ1v) is 9.36. The number of benzene rings is 1. The van der Waals surface area contributed by atoms with Crippen molar-refractivity contribution in [1.82, 2.24) is 4.57 Å². The van der Waals surface area contributed by atoms with E-state index in [4.69, 9.17) is 0 Å². The summed E-state index contributed by atoms with van der Waals surface area (Å²) in [4.78, 5) is 25.6. The fraction of sp³-hybridized carbons (Fsp3) is 0.368. The lowest BCUT2D eigenvalue weighted by Gasteiger charge is -2.23. The molecule has 1 heterocycles. The molecule has 1 aromatic heterocycles. The van der Waals surface area contributed by atoms with Gasteiger partial charge in [0.2, 0.25) is 0 Å². The lowest BCUT2D eigenvalue weighted by atomic mass is 9.93. The van der Waals surface area contributed by atoms with Gasteiger partial charge < -0.3 is 15.0 Å². The monoisotopic (exact) mass is 404 g/mol. The third-order valence-corrected chi connectivity index (χ3v) is 5.00. The predicted molar refractivity (Wildman–Crippen MR) is 101 cm³/mol. The molecular weight excluding hydrogens is 384 g/mol. The number of nitrogens with zero attached hydrogens (tertiary/aromatic N) is 1. The van der Waals surface area contributed by atoms with Crippen molar-refractivity contribution < 1.29 is 9.90 Å². The van der Waals surface area contributed by atoms with Gasteiger partial charge in [0.1, 0.15) is 11.3 Å². The van der Waals surface area contributed by atoms with Crippen LogP contribution in [0.15, 0.2) is 33.5 Å². The minimum Gasteiger partial charge on any atom is -0.507 e. The number of aromatic hydroxyl groups is 1. The van der Waals surface area contributed by atoms with Crippen molar-refractivity contribution in [2.24, 2.45) is 0 Å². The molecular formula is C19H21BrN2O3. The average Bonchev–Trinajstić information content (AvgIpc) is 2.59. The van der Waals surface area contributed by atoms with Crippen LogP contribution in [-0.2, 0) is 19.4 Å². The third kappa shape index (κ3) is 3.49. The highest BCUT2D eigenvalue weighted by atomic mass is 79.9. The fourth-order valence-corrected chi connectivity index (χ4v) is 3.78. The van der Waals surface area contributed by atoms with Gasteiger partial charge in [0.15, 0.2) is 0 Å². The van der Waals surface area contributed by atoms with E-state index in [1.807, 2.05) is 13.0 Å². The third-order valence-electron chi connectivity index (χ3n) is 4.50. The molecule has 1 amide bonds. The molecule has 25 heavy (non-hydrogen) atoms. The van der Waals surface area contributed by atoms with Crippen molar-refractivity contribution >= 4 is 27.5 Å². The molecule has 0 spiro atoms. The molecule has 132 valence electrons. The predicted octanol–water partition coefficient (Wildman–Crippen LogP) is 3.86. The lowest BCUT2D eigenvalue weighted by molar-refractivity contribution is 0.102. The van der Waals surface area contributed by atoms with Crippen molar-refractivity contribution in [1.29, 1.82) is 0 Å². The molecule has 0 fully saturated rings. The van der Waals surface area contributed by atoms with Crippen molar-refractivity contribution in [3.05, 3.63) is 55.9 Å². The van der Waals surface area contributed by atoms with Crippen LogP contribution in [0.4, 0.5) is 5.69 Å². The van der Waals surface area contributed by atoms with Gasteiger partial charge in [0.25, 0.3) is 11.5 Å². The number of hydrogen-bond acceptors (Lipinski definition) is 3. The van der Waals surface area contributed by atoms with Crippen LogP contribution >= 0.6 is 15.9 Å². The molecule has 2 aromatic rings. The standard InChI is InChI=1S/C19H21BrN2O3/c1-2-10-22-15-9-4-3-8-14(15)17(23)16(19(22)25)18(24)21-13-7-5-6-12(20)11-13/h5-7,11,23H,2-4,8-10H2,1H3,(H,21,24). The highest BCUT2D eigenvalue weighted by molar-refractivity contribution is 9.10. The van der Waals surface area contributed by atoms with Gasteiger partial charge in [-0.1, -0.05) is 28.9 Å². The summed E-state index contributed by atoms with van der Waals surface area (Å²) in [5, 5.41) is 13.3. The maximum Gasteiger partial charge on any atom is 0.267 e. The zero-order valence-corrected chi connectivity index (χ0v) is 15.7. The summed E-state index contributed by atoms with van der Waals surface area (Å²) in [6.45, 7) is 2.55. The van der Waals surface area contributed by atoms with Gasteiger partial charge >= 0.3 is 0 Å². The van der Waals surface area contributed by atoms with Crippen molar-refractivity contribution in [3.63, 3.8) is 0 Å². The lowest BCUT2D eigenvalue weighted by Crippen LogP contribution is -2.33. The normalized spacial score (nSPS) is 13.4. The van der Waals surface area contributed by atoms with Gasteiger partial charge in [-0.3, -0.25) is 9.59 Å². The summed E-state index contributed by atoms with van der Waals surface area (Å²) >= 11 is 3.35. The molecule has 0 unspecified atom stereocenters. The Bertz CT molecular complexity index is 874. The second-order valence-corrected chi connectivity index (χ2v) is 7.19. The van der Waals surface area contributed by atoms with E-state index in [0.29, 0.717) is 18.7 Å². The molecule has 0 aliphatic heterocycles. The van der Waals surface area contributed by atoms with Crippen LogP contribution in [0.5, 0.6) is 5.75 Å². The molecule has 0 radical (unpaired) electrons. The Morgan fingerprint density at radius 3 is 2.80 bits per heavy atom. The van der Waals surface area contributed by atoms with E-state index >= 15 is 0 Å². The molecule has 2 N–H and O–H groups in total. The second kappa shape index (κ2) is 7.44. The number of nitrogens with one attached hydrogen (secondary N) is 1. The Labute approximate surface area is 154 Å². The van der Waals surface area contributed by atoms with E-state index in [-0.39, 0.29) is 11.3 Å². The molecule has 5 nitrogen and oxygen atoms in total. The number of fused-ring (bicyclic) bond motifs is 1. The zero-order chi connectivity index (χ0) is 18.0. The van der Waals surface area contributed by atoms with Gasteiger partial charge in [0, 0.05) is 28.0 Å². The van der Waals surface area contributed by atoms with E-state index in [0.717, 1.165) is 41.4 Å². The van der Waals surface area contributed by atoms with Crippen LogP contribution in [-0.4, -0.2) is 15.6 Å². The SMILES string of the molecule is CCCn1c2c(c(O)c(C(=O)Nc3cccc(Br)c3)c1=O)CCCC2. The molecule has 1 aliphatic carbocycles. The first-order chi connectivity index (χ1) is 12.0. The first kappa shape index (κ1) is 17.7. The van der Waals surface area contributed by atoms with Crippen LogP contribution in [0, 0.1) is 0 Å². The zero-order valence-electron chi connectivity index (χ0n) is 14.1. The van der Waals surface area contributed by atoms with E-state index < -0.39 is 11.5 Å². The van der Waals surface area contributed by atoms with Crippen LogP contribution < -0.4 is 10.9 Å². The Hall–Kier alpha value is -2.08. The second-order valence-electron chi connectivity index (χ2n) is 6.28. The number of carbonyl (C=O) groups excluding carboxylic acids is 1. The average molecular weight is 405 g/mol. The van der Waals surface area contributed by atoms with Gasteiger partial charge in [-0.05, 0) is 50.3 Å². The van der Waals surface area contributed by atoms with Gasteiger partial charge in [0.05, 0.1) is 0 Å². The topological polar surface area (TPSA) is 71.3 Å². The molecule has 0 atom stereocenters.